The summed E-state index contributed by atoms with van der Waals surface area (Å²) in [5.74, 6) is -0.228. The molecule has 36 heavy (non-hydrogen) atoms. The van der Waals surface area contributed by atoms with Gasteiger partial charge in [0.1, 0.15) is 4.90 Å². The lowest BCUT2D eigenvalue weighted by Gasteiger charge is -2.15. The van der Waals surface area contributed by atoms with Crippen LogP contribution in [0.3, 0.4) is 0 Å². The first-order valence-corrected chi connectivity index (χ1v) is 14.0. The number of thioether (sulfide) groups is 1. The Morgan fingerprint density at radius 1 is 1.03 bits per heavy atom. The molecule has 7 nitrogen and oxygen atoms in total. The van der Waals surface area contributed by atoms with Crippen LogP contribution in [0.2, 0.25) is 0 Å². The summed E-state index contributed by atoms with van der Waals surface area (Å²) < 4.78 is 36.9. The molecule has 4 rings (SSSR count). The molecule has 0 atom stereocenters. The molecule has 3 aromatic carbocycles. The molecule has 0 radical (unpaired) electrons. The highest BCUT2D eigenvalue weighted by Crippen LogP contribution is 2.40. The van der Waals surface area contributed by atoms with Crippen LogP contribution in [0.1, 0.15) is 23.6 Å². The second-order valence-corrected chi connectivity index (χ2v) is 11.3. The topological polar surface area (TPSA) is 90.0 Å². The third kappa shape index (κ3) is 5.83. The fourth-order valence-corrected chi connectivity index (χ4v) is 5.89. The van der Waals surface area contributed by atoms with Crippen LogP contribution in [0.25, 0.3) is 6.08 Å². The smallest absolute Gasteiger partial charge is 0.339 e. The van der Waals surface area contributed by atoms with Crippen LogP contribution < -0.4 is 8.92 Å². The lowest BCUT2D eigenvalue weighted by Crippen LogP contribution is -2.27. The van der Waals surface area contributed by atoms with Gasteiger partial charge in [-0.25, -0.2) is 0 Å². The molecule has 0 N–H and O–H groups in total. The Balaban J connectivity index is 1.61. The number of imide groups is 1. The van der Waals surface area contributed by atoms with Crippen molar-refractivity contribution in [2.45, 2.75) is 25.3 Å². The minimum Gasteiger partial charge on any atom is -0.490 e. The van der Waals surface area contributed by atoms with Gasteiger partial charge in [0.25, 0.3) is 11.1 Å². The van der Waals surface area contributed by atoms with Crippen molar-refractivity contribution in [1.29, 1.82) is 0 Å². The molecular weight excluding hydrogens is 566 g/mol. The van der Waals surface area contributed by atoms with Gasteiger partial charge in [0.05, 0.1) is 22.5 Å². The van der Waals surface area contributed by atoms with E-state index in [1.807, 2.05) is 31.2 Å². The van der Waals surface area contributed by atoms with Crippen molar-refractivity contribution in [2.75, 3.05) is 6.61 Å². The van der Waals surface area contributed by atoms with Gasteiger partial charge in [0.2, 0.25) is 0 Å². The fraction of sp³-hybridized carbons (Fsp3) is 0.154. The Labute approximate surface area is 222 Å². The summed E-state index contributed by atoms with van der Waals surface area (Å²) in [6, 6.07) is 18.6. The fourth-order valence-electron chi connectivity index (χ4n) is 3.42. The van der Waals surface area contributed by atoms with E-state index < -0.39 is 16.0 Å². The van der Waals surface area contributed by atoms with Crippen LogP contribution in [0.4, 0.5) is 4.79 Å². The van der Waals surface area contributed by atoms with E-state index in [2.05, 4.69) is 15.9 Å². The number of halogens is 1. The summed E-state index contributed by atoms with van der Waals surface area (Å²) in [5, 5.41) is -0.357. The zero-order chi connectivity index (χ0) is 25.9. The van der Waals surface area contributed by atoms with Gasteiger partial charge in [-0.05, 0) is 83.0 Å². The number of aryl methyl sites for hydroxylation is 1. The Kier molecular flexibility index (Phi) is 7.87. The lowest BCUT2D eigenvalue weighted by atomic mass is 10.1. The third-order valence-electron chi connectivity index (χ3n) is 5.19. The van der Waals surface area contributed by atoms with Crippen LogP contribution in [0.15, 0.2) is 81.0 Å². The average molecular weight is 589 g/mol. The highest BCUT2D eigenvalue weighted by atomic mass is 79.9. The number of carbonyl (C=O) groups excluding carboxylic acids is 2. The van der Waals surface area contributed by atoms with Gasteiger partial charge in [-0.3, -0.25) is 14.5 Å². The number of amides is 2. The number of hydrogen-bond donors (Lipinski definition) is 0. The molecule has 1 fully saturated rings. The summed E-state index contributed by atoms with van der Waals surface area (Å²) >= 11 is 4.21. The van der Waals surface area contributed by atoms with Crippen molar-refractivity contribution < 1.29 is 26.9 Å². The van der Waals surface area contributed by atoms with E-state index in [0.717, 1.165) is 22.9 Å². The predicted octanol–water partition coefficient (Wildman–Crippen LogP) is 6.16. The van der Waals surface area contributed by atoms with Gasteiger partial charge in [-0.1, -0.05) is 48.0 Å². The molecule has 1 aliphatic heterocycles. The zero-order valence-corrected chi connectivity index (χ0v) is 22.7. The van der Waals surface area contributed by atoms with Crippen LogP contribution >= 0.6 is 27.7 Å². The summed E-state index contributed by atoms with van der Waals surface area (Å²) in [7, 11) is -4.10. The van der Waals surface area contributed by atoms with Gasteiger partial charge >= 0.3 is 10.1 Å². The van der Waals surface area contributed by atoms with Gasteiger partial charge in [0.15, 0.2) is 11.5 Å². The minimum atomic E-state index is -4.10. The molecule has 1 heterocycles. The summed E-state index contributed by atoms with van der Waals surface area (Å²) in [4.78, 5) is 27.0. The minimum absolute atomic E-state index is 0.00526. The second kappa shape index (κ2) is 10.9. The molecule has 2 amide bonds. The van der Waals surface area contributed by atoms with Crippen LogP contribution in [0, 0.1) is 6.92 Å². The molecule has 0 spiro atoms. The first-order valence-electron chi connectivity index (χ1n) is 10.9. The normalized spacial score (nSPS) is 15.0. The predicted molar refractivity (Wildman–Crippen MR) is 142 cm³/mol. The van der Waals surface area contributed by atoms with Gasteiger partial charge < -0.3 is 8.92 Å². The highest BCUT2D eigenvalue weighted by molar-refractivity contribution is 9.10. The monoisotopic (exact) mass is 587 g/mol. The van der Waals surface area contributed by atoms with Crippen LogP contribution in [-0.2, 0) is 21.5 Å². The Morgan fingerprint density at radius 3 is 2.39 bits per heavy atom. The first-order chi connectivity index (χ1) is 17.2. The maximum Gasteiger partial charge on any atom is 0.339 e. The number of ether oxygens (including phenoxy) is 1. The summed E-state index contributed by atoms with van der Waals surface area (Å²) in [6.45, 7) is 4.16. The number of rotatable bonds is 8. The molecule has 0 saturated carbocycles. The zero-order valence-electron chi connectivity index (χ0n) is 19.4. The van der Waals surface area contributed by atoms with E-state index in [4.69, 9.17) is 8.92 Å². The van der Waals surface area contributed by atoms with Gasteiger partial charge in [0, 0.05) is 0 Å². The number of nitrogens with zero attached hydrogens (tertiary/aromatic N) is 1. The largest absolute Gasteiger partial charge is 0.490 e. The summed E-state index contributed by atoms with van der Waals surface area (Å²) in [5.41, 5.74) is 2.48. The Morgan fingerprint density at radius 2 is 1.72 bits per heavy atom. The number of benzene rings is 3. The Hall–Kier alpha value is -3.08. The van der Waals surface area contributed by atoms with E-state index in [1.165, 1.54) is 17.0 Å². The van der Waals surface area contributed by atoms with Crippen molar-refractivity contribution >= 4 is 55.0 Å². The number of carbonyl (C=O) groups is 2. The standard InChI is InChI=1S/C26H22BrNO6S2/c1-3-33-22-14-19(13-21(27)24(22)34-36(31,32)20-7-5-4-6-8-20)15-23-25(29)28(26(30)35-23)16-18-11-9-17(2)10-12-18/h4-15H,3,16H2,1-2H3/b23-15-. The third-order valence-corrected chi connectivity index (χ3v) is 7.92. The molecule has 0 aromatic heterocycles. The molecule has 1 saturated heterocycles. The van der Waals surface area contributed by atoms with Crippen molar-refractivity contribution in [1.82, 2.24) is 4.90 Å². The lowest BCUT2D eigenvalue weighted by molar-refractivity contribution is -0.123. The molecule has 10 heteroatoms. The quantitative estimate of drug-likeness (QED) is 0.230. The maximum atomic E-state index is 13.0. The summed E-state index contributed by atoms with van der Waals surface area (Å²) in [6.07, 6.45) is 1.57. The first kappa shape index (κ1) is 26.0. The van der Waals surface area contributed by atoms with Crippen molar-refractivity contribution in [3.05, 3.63) is 92.8 Å². The molecular formula is C26H22BrNO6S2. The molecule has 0 aliphatic carbocycles. The second-order valence-electron chi connectivity index (χ2n) is 7.87. The number of hydrogen-bond acceptors (Lipinski definition) is 7. The molecule has 3 aromatic rings. The molecule has 0 unspecified atom stereocenters. The Bertz CT molecular complexity index is 1440. The maximum absolute atomic E-state index is 13.0. The highest BCUT2D eigenvalue weighted by Gasteiger charge is 2.35. The van der Waals surface area contributed by atoms with Crippen molar-refractivity contribution in [2.24, 2.45) is 0 Å². The van der Waals surface area contributed by atoms with Crippen LogP contribution in [-0.4, -0.2) is 31.1 Å². The van der Waals surface area contributed by atoms with E-state index >= 15 is 0 Å². The molecule has 0 bridgehead atoms. The van der Waals surface area contributed by atoms with Crippen molar-refractivity contribution in [3.8, 4) is 11.5 Å². The van der Waals surface area contributed by atoms with Crippen molar-refractivity contribution in [3.63, 3.8) is 0 Å². The molecule has 1 aliphatic rings. The van der Waals surface area contributed by atoms with E-state index in [0.29, 0.717) is 10.0 Å². The molecule has 186 valence electrons. The SMILES string of the molecule is CCOc1cc(/C=C2\SC(=O)N(Cc3ccc(C)cc3)C2=O)cc(Br)c1OS(=O)(=O)c1ccccc1. The van der Waals surface area contributed by atoms with Crippen LogP contribution in [0.5, 0.6) is 11.5 Å². The van der Waals surface area contributed by atoms with Gasteiger partial charge in [-0.2, -0.15) is 8.42 Å². The van der Waals surface area contributed by atoms with E-state index in [-0.39, 0.29) is 39.7 Å². The van der Waals surface area contributed by atoms with Gasteiger partial charge in [-0.15, -0.1) is 0 Å². The average Bonchev–Trinajstić information content (AvgIpc) is 3.10. The van der Waals surface area contributed by atoms with E-state index in [1.54, 1.807) is 43.3 Å². The van der Waals surface area contributed by atoms with E-state index in [9.17, 15) is 18.0 Å².